The zero-order valence-corrected chi connectivity index (χ0v) is 19.2. The van der Waals surface area contributed by atoms with E-state index >= 15 is 0 Å². The van der Waals surface area contributed by atoms with Crippen LogP contribution in [-0.2, 0) is 11.3 Å². The van der Waals surface area contributed by atoms with Crippen molar-refractivity contribution < 1.29 is 19.1 Å². The number of esters is 1. The summed E-state index contributed by atoms with van der Waals surface area (Å²) >= 11 is 6.19. The fourth-order valence-corrected chi connectivity index (χ4v) is 4.07. The molecule has 0 aliphatic heterocycles. The summed E-state index contributed by atoms with van der Waals surface area (Å²) in [5, 5.41) is 0.342. The molecular formula is C23H29ClN2O4. The van der Waals surface area contributed by atoms with E-state index in [0.29, 0.717) is 46.2 Å². The van der Waals surface area contributed by atoms with Crippen LogP contribution in [0, 0.1) is 13.8 Å². The number of nitrogens with zero attached hydrogens (tertiary/aromatic N) is 2. The first-order valence-electron chi connectivity index (χ1n) is 10.2. The summed E-state index contributed by atoms with van der Waals surface area (Å²) in [5.41, 5.74) is 2.46. The molecule has 0 saturated heterocycles. The summed E-state index contributed by atoms with van der Waals surface area (Å²) in [6.45, 7) is 11.9. The second kappa shape index (κ2) is 9.94. The Morgan fingerprint density at radius 1 is 1.13 bits per heavy atom. The molecule has 1 aromatic heterocycles. The van der Waals surface area contributed by atoms with E-state index in [1.165, 1.54) is 4.90 Å². The second-order valence-electron chi connectivity index (χ2n) is 7.01. The van der Waals surface area contributed by atoms with E-state index in [4.69, 9.17) is 16.3 Å². The zero-order valence-electron chi connectivity index (χ0n) is 18.4. The summed E-state index contributed by atoms with van der Waals surface area (Å²) in [6.07, 6.45) is 0. The predicted octanol–water partition coefficient (Wildman–Crippen LogP) is 4.69. The lowest BCUT2D eigenvalue weighted by Crippen LogP contribution is -2.43. The molecule has 1 amide bonds. The van der Waals surface area contributed by atoms with Gasteiger partial charge in [-0.25, -0.2) is 4.79 Å². The molecular weight excluding hydrogens is 404 g/mol. The van der Waals surface area contributed by atoms with Gasteiger partial charge in [-0.2, -0.15) is 0 Å². The summed E-state index contributed by atoms with van der Waals surface area (Å²) in [4.78, 5) is 40.5. The molecule has 162 valence electrons. The maximum absolute atomic E-state index is 13.5. The lowest BCUT2D eigenvalue weighted by molar-refractivity contribution is 0.0512. The van der Waals surface area contributed by atoms with Crippen LogP contribution in [0.1, 0.15) is 70.2 Å². The fourth-order valence-electron chi connectivity index (χ4n) is 3.85. The average Bonchev–Trinajstić information content (AvgIpc) is 2.97. The first-order chi connectivity index (χ1) is 14.2. The maximum Gasteiger partial charge on any atom is 0.355 e. The summed E-state index contributed by atoms with van der Waals surface area (Å²) < 4.78 is 6.98. The van der Waals surface area contributed by atoms with Crippen LogP contribution >= 0.6 is 11.6 Å². The van der Waals surface area contributed by atoms with Crippen molar-refractivity contribution >= 4 is 29.3 Å². The van der Waals surface area contributed by atoms with E-state index in [0.717, 1.165) is 0 Å². The number of Topliss-reactive ketones (excluding diaryl/α,β-unsaturated/α-hetero) is 1. The van der Waals surface area contributed by atoms with Crippen molar-refractivity contribution in [1.29, 1.82) is 0 Å². The Hall–Kier alpha value is -2.60. The van der Waals surface area contributed by atoms with E-state index in [9.17, 15) is 14.4 Å². The van der Waals surface area contributed by atoms with Gasteiger partial charge in [0.25, 0.3) is 5.91 Å². The largest absolute Gasteiger partial charge is 0.461 e. The SMILES string of the molecule is CCOC(=O)c1c(C)c(C(=O)[C@H](C)N(CC)C(=O)c2ccccc2Cl)c(C)n1CC. The minimum Gasteiger partial charge on any atom is -0.461 e. The lowest BCUT2D eigenvalue weighted by atomic mass is 9.99. The monoisotopic (exact) mass is 432 g/mol. The van der Waals surface area contributed by atoms with Gasteiger partial charge in [-0.05, 0) is 59.2 Å². The molecule has 0 spiro atoms. The Balaban J connectivity index is 2.47. The highest BCUT2D eigenvalue weighted by Crippen LogP contribution is 2.27. The molecule has 0 aliphatic rings. The predicted molar refractivity (Wildman–Crippen MR) is 117 cm³/mol. The number of hydrogen-bond donors (Lipinski definition) is 0. The maximum atomic E-state index is 13.5. The van der Waals surface area contributed by atoms with E-state index < -0.39 is 12.0 Å². The van der Waals surface area contributed by atoms with Crippen molar-refractivity contribution in [3.8, 4) is 0 Å². The number of halogens is 1. The molecule has 7 heteroatoms. The number of ketones is 1. The Bertz CT molecular complexity index is 964. The van der Waals surface area contributed by atoms with Gasteiger partial charge in [0.15, 0.2) is 5.78 Å². The molecule has 0 bridgehead atoms. The number of rotatable bonds is 8. The molecule has 0 aliphatic carbocycles. The van der Waals surface area contributed by atoms with Crippen molar-refractivity contribution in [2.24, 2.45) is 0 Å². The van der Waals surface area contributed by atoms with Crippen molar-refractivity contribution in [2.45, 2.75) is 54.1 Å². The molecule has 1 heterocycles. The Morgan fingerprint density at radius 3 is 2.30 bits per heavy atom. The van der Waals surface area contributed by atoms with Gasteiger partial charge >= 0.3 is 5.97 Å². The topological polar surface area (TPSA) is 68.6 Å². The lowest BCUT2D eigenvalue weighted by Gasteiger charge is -2.27. The molecule has 2 rings (SSSR count). The number of amides is 1. The second-order valence-corrected chi connectivity index (χ2v) is 7.42. The average molecular weight is 433 g/mol. The van der Waals surface area contributed by atoms with Crippen molar-refractivity contribution in [3.05, 3.63) is 57.4 Å². The van der Waals surface area contributed by atoms with Crippen molar-refractivity contribution in [3.63, 3.8) is 0 Å². The minimum absolute atomic E-state index is 0.218. The number of aromatic nitrogens is 1. The van der Waals surface area contributed by atoms with E-state index in [2.05, 4.69) is 0 Å². The number of ether oxygens (including phenoxy) is 1. The quantitative estimate of drug-likeness (QED) is 0.448. The van der Waals surface area contributed by atoms with Gasteiger partial charge in [-0.15, -0.1) is 0 Å². The van der Waals surface area contributed by atoms with Crippen LogP contribution < -0.4 is 0 Å². The highest BCUT2D eigenvalue weighted by Gasteiger charge is 2.33. The summed E-state index contributed by atoms with van der Waals surface area (Å²) in [7, 11) is 0. The normalized spacial score (nSPS) is 11.8. The Kier molecular flexibility index (Phi) is 7.84. The third kappa shape index (κ3) is 4.29. The smallest absolute Gasteiger partial charge is 0.355 e. The molecule has 0 saturated carbocycles. The summed E-state index contributed by atoms with van der Waals surface area (Å²) in [5.74, 6) is -0.976. The van der Waals surface area contributed by atoms with Gasteiger partial charge in [0.2, 0.25) is 0 Å². The van der Waals surface area contributed by atoms with Crippen molar-refractivity contribution in [1.82, 2.24) is 9.47 Å². The number of carbonyl (C=O) groups excluding carboxylic acids is 3. The third-order valence-corrected chi connectivity index (χ3v) is 5.68. The highest BCUT2D eigenvalue weighted by molar-refractivity contribution is 6.33. The fraction of sp³-hybridized carbons (Fsp3) is 0.435. The van der Waals surface area contributed by atoms with Gasteiger partial charge in [0.05, 0.1) is 23.2 Å². The highest BCUT2D eigenvalue weighted by atomic mass is 35.5. The number of benzene rings is 1. The Labute approximate surface area is 182 Å². The zero-order chi connectivity index (χ0) is 22.6. The Morgan fingerprint density at radius 2 is 1.77 bits per heavy atom. The van der Waals surface area contributed by atoms with Crippen LogP contribution in [0.3, 0.4) is 0 Å². The third-order valence-electron chi connectivity index (χ3n) is 5.35. The molecule has 0 N–H and O–H groups in total. The van der Waals surface area contributed by atoms with Crippen LogP contribution in [0.2, 0.25) is 5.02 Å². The van der Waals surface area contributed by atoms with Crippen LogP contribution in [0.5, 0.6) is 0 Å². The van der Waals surface area contributed by atoms with E-state index in [1.807, 2.05) is 20.8 Å². The molecule has 2 aromatic rings. The van der Waals surface area contributed by atoms with Crippen LogP contribution in [0.25, 0.3) is 0 Å². The minimum atomic E-state index is -0.723. The van der Waals surface area contributed by atoms with Gasteiger partial charge in [-0.3, -0.25) is 9.59 Å². The van der Waals surface area contributed by atoms with Crippen molar-refractivity contribution in [2.75, 3.05) is 13.2 Å². The molecule has 0 radical (unpaired) electrons. The van der Waals surface area contributed by atoms with Gasteiger partial charge in [-0.1, -0.05) is 23.7 Å². The summed E-state index contributed by atoms with van der Waals surface area (Å²) in [6, 6.07) is 6.06. The standard InChI is InChI=1S/C23H29ClN2O4/c1-7-25-15(5)19(14(4)20(25)23(29)30-9-3)21(27)16(6)26(8-2)22(28)17-12-10-11-13-18(17)24/h10-13,16H,7-9H2,1-6H3/t16-/m0/s1. The molecule has 30 heavy (non-hydrogen) atoms. The molecule has 1 atom stereocenters. The van der Waals surface area contributed by atoms with Gasteiger partial charge in [0, 0.05) is 24.3 Å². The molecule has 1 aromatic carbocycles. The van der Waals surface area contributed by atoms with E-state index in [-0.39, 0.29) is 18.3 Å². The van der Waals surface area contributed by atoms with Crippen LogP contribution in [-0.4, -0.2) is 46.3 Å². The number of hydrogen-bond acceptors (Lipinski definition) is 4. The first-order valence-corrected chi connectivity index (χ1v) is 10.5. The van der Waals surface area contributed by atoms with Crippen LogP contribution in [0.4, 0.5) is 0 Å². The van der Waals surface area contributed by atoms with Crippen LogP contribution in [0.15, 0.2) is 24.3 Å². The van der Waals surface area contributed by atoms with Gasteiger partial charge < -0.3 is 14.2 Å². The van der Waals surface area contributed by atoms with Gasteiger partial charge in [0.1, 0.15) is 5.69 Å². The van der Waals surface area contributed by atoms with E-state index in [1.54, 1.807) is 49.6 Å². The number of likely N-dealkylation sites (N-methyl/N-ethyl adjacent to an activating group) is 1. The first kappa shape index (κ1) is 23.7. The molecule has 0 fully saturated rings. The molecule has 0 unspecified atom stereocenters. The molecule has 6 nitrogen and oxygen atoms in total. The number of carbonyl (C=O) groups is 3.